The smallest absolute Gasteiger partial charge is 0.309 e. The van der Waals surface area contributed by atoms with Crippen molar-refractivity contribution in [2.75, 3.05) is 12.3 Å². The van der Waals surface area contributed by atoms with Crippen LogP contribution >= 0.6 is 0 Å². The normalized spacial score (nSPS) is 26.0. The maximum atomic E-state index is 12.2. The molecule has 2 aliphatic carbocycles. The molecule has 0 aliphatic heterocycles. The second-order valence-electron chi connectivity index (χ2n) is 6.67. The third-order valence-corrected chi connectivity index (χ3v) is 5.26. The zero-order valence-corrected chi connectivity index (χ0v) is 13.0. The number of esters is 1. The summed E-state index contributed by atoms with van der Waals surface area (Å²) >= 11 is 0. The van der Waals surface area contributed by atoms with Gasteiger partial charge >= 0.3 is 5.97 Å². The average Bonchev–Trinajstić information content (AvgIpc) is 3.27. The van der Waals surface area contributed by atoms with E-state index >= 15 is 0 Å². The summed E-state index contributed by atoms with van der Waals surface area (Å²) in [5, 5.41) is 0. The number of rotatable bonds is 5. The van der Waals surface area contributed by atoms with Gasteiger partial charge in [-0.1, -0.05) is 6.42 Å². The minimum atomic E-state index is -0.000686. The summed E-state index contributed by atoms with van der Waals surface area (Å²) in [6.45, 7) is 1.13. The van der Waals surface area contributed by atoms with Gasteiger partial charge in [0.05, 0.1) is 18.9 Å². The molecule has 0 radical (unpaired) electrons. The van der Waals surface area contributed by atoms with Crippen molar-refractivity contribution in [2.24, 2.45) is 17.8 Å². The van der Waals surface area contributed by atoms with Crippen LogP contribution < -0.4 is 5.73 Å². The van der Waals surface area contributed by atoms with E-state index in [-0.39, 0.29) is 11.9 Å². The van der Waals surface area contributed by atoms with Gasteiger partial charge in [0.25, 0.3) is 0 Å². The maximum Gasteiger partial charge on any atom is 0.309 e. The van der Waals surface area contributed by atoms with Crippen LogP contribution in [0, 0.1) is 17.8 Å². The molecular weight excluding hydrogens is 294 g/mol. The van der Waals surface area contributed by atoms with E-state index in [4.69, 9.17) is 10.5 Å². The van der Waals surface area contributed by atoms with Crippen molar-refractivity contribution in [1.82, 2.24) is 19.5 Å². The second kappa shape index (κ2) is 5.79. The lowest BCUT2D eigenvalue weighted by Gasteiger charge is -2.19. The topological polar surface area (TPSA) is 95.9 Å². The minimum Gasteiger partial charge on any atom is -0.465 e. The van der Waals surface area contributed by atoms with E-state index in [1.807, 2.05) is 4.57 Å². The second-order valence-corrected chi connectivity index (χ2v) is 6.67. The maximum absolute atomic E-state index is 12.2. The number of imidazole rings is 1. The fourth-order valence-electron chi connectivity index (χ4n) is 4.11. The number of carbonyl (C=O) groups excluding carboxylic acids is 1. The SMILES string of the molecule is Nc1ncnc2c1ncn2CCCOC(=O)[C@@H]1C[C@H]2CC[C@H]1C2. The van der Waals surface area contributed by atoms with Crippen molar-refractivity contribution in [3.05, 3.63) is 12.7 Å². The molecule has 0 amide bonds. The fraction of sp³-hybridized carbons (Fsp3) is 0.625. The van der Waals surface area contributed by atoms with Crippen LogP contribution in [0.25, 0.3) is 11.2 Å². The average molecular weight is 315 g/mol. The van der Waals surface area contributed by atoms with Gasteiger partial charge in [0.1, 0.15) is 11.8 Å². The number of ether oxygens (including phenoxy) is 1. The first-order valence-corrected chi connectivity index (χ1v) is 8.30. The fourth-order valence-corrected chi connectivity index (χ4v) is 4.11. The summed E-state index contributed by atoms with van der Waals surface area (Å²) < 4.78 is 7.40. The summed E-state index contributed by atoms with van der Waals surface area (Å²) in [7, 11) is 0. The summed E-state index contributed by atoms with van der Waals surface area (Å²) in [4.78, 5) is 24.5. The van der Waals surface area contributed by atoms with E-state index in [1.165, 1.54) is 25.6 Å². The number of nitrogen functional groups attached to an aromatic ring is 1. The van der Waals surface area contributed by atoms with Crippen LogP contribution in [-0.4, -0.2) is 32.1 Å². The molecule has 2 aliphatic rings. The van der Waals surface area contributed by atoms with Gasteiger partial charge in [-0.25, -0.2) is 15.0 Å². The van der Waals surface area contributed by atoms with Crippen LogP contribution in [0.4, 0.5) is 5.82 Å². The molecule has 2 saturated carbocycles. The molecule has 2 heterocycles. The van der Waals surface area contributed by atoms with Gasteiger partial charge in [0.2, 0.25) is 0 Å². The molecular formula is C16H21N5O2. The Balaban J connectivity index is 1.28. The van der Waals surface area contributed by atoms with E-state index < -0.39 is 0 Å². The van der Waals surface area contributed by atoms with E-state index in [2.05, 4.69) is 15.0 Å². The number of hydrogen-bond donors (Lipinski definition) is 1. The minimum absolute atomic E-state index is 0.000686. The Kier molecular flexibility index (Phi) is 3.63. The van der Waals surface area contributed by atoms with Crippen molar-refractivity contribution >= 4 is 23.0 Å². The van der Waals surface area contributed by atoms with Gasteiger partial charge in [-0.05, 0) is 37.5 Å². The molecule has 3 atom stereocenters. The monoisotopic (exact) mass is 315 g/mol. The Morgan fingerprint density at radius 3 is 3.00 bits per heavy atom. The number of carbonyl (C=O) groups is 1. The van der Waals surface area contributed by atoms with Crippen molar-refractivity contribution < 1.29 is 9.53 Å². The molecule has 0 spiro atoms. The molecule has 2 fully saturated rings. The summed E-state index contributed by atoms with van der Waals surface area (Å²) in [6.07, 6.45) is 8.63. The number of anilines is 1. The lowest BCUT2D eigenvalue weighted by atomic mass is 9.89. The molecule has 2 N–H and O–H groups in total. The number of hydrogen-bond acceptors (Lipinski definition) is 6. The van der Waals surface area contributed by atoms with E-state index in [0.717, 1.165) is 24.4 Å². The zero-order valence-electron chi connectivity index (χ0n) is 13.0. The standard InChI is InChI=1S/C16H21N5O2/c17-14-13-15(19-8-18-14)21(9-20-13)4-1-5-23-16(22)12-7-10-2-3-11(12)6-10/h8-12H,1-7H2,(H2,17,18,19)/t10-,11-,12+/m0/s1. The highest BCUT2D eigenvalue weighted by atomic mass is 16.5. The van der Waals surface area contributed by atoms with Crippen LogP contribution in [0.2, 0.25) is 0 Å². The summed E-state index contributed by atoms with van der Waals surface area (Å²) in [5.74, 6) is 1.87. The molecule has 23 heavy (non-hydrogen) atoms. The zero-order chi connectivity index (χ0) is 15.8. The lowest BCUT2D eigenvalue weighted by molar-refractivity contribution is -0.150. The number of nitrogens with two attached hydrogens (primary N) is 1. The van der Waals surface area contributed by atoms with Crippen molar-refractivity contribution in [3.8, 4) is 0 Å². The van der Waals surface area contributed by atoms with Crippen LogP contribution in [0.3, 0.4) is 0 Å². The van der Waals surface area contributed by atoms with Gasteiger partial charge in [0, 0.05) is 6.54 Å². The number of nitrogens with zero attached hydrogens (tertiary/aromatic N) is 4. The third-order valence-electron chi connectivity index (χ3n) is 5.26. The third kappa shape index (κ3) is 2.64. The van der Waals surface area contributed by atoms with Crippen molar-refractivity contribution in [3.63, 3.8) is 0 Å². The van der Waals surface area contributed by atoms with Gasteiger partial charge in [0.15, 0.2) is 11.5 Å². The van der Waals surface area contributed by atoms with Gasteiger partial charge in [-0.15, -0.1) is 0 Å². The Hall–Kier alpha value is -2.18. The van der Waals surface area contributed by atoms with E-state index in [1.54, 1.807) is 6.33 Å². The highest BCUT2D eigenvalue weighted by Crippen LogP contribution is 2.48. The Morgan fingerprint density at radius 1 is 1.30 bits per heavy atom. The highest BCUT2D eigenvalue weighted by Gasteiger charge is 2.43. The predicted octanol–water partition coefficient (Wildman–Crippen LogP) is 1.78. The Bertz CT molecular complexity index is 728. The molecule has 0 unspecified atom stereocenters. The van der Waals surface area contributed by atoms with Crippen molar-refractivity contribution in [1.29, 1.82) is 0 Å². The first-order chi connectivity index (χ1) is 11.2. The number of fused-ring (bicyclic) bond motifs is 3. The van der Waals surface area contributed by atoms with Gasteiger partial charge in [-0.3, -0.25) is 4.79 Å². The van der Waals surface area contributed by atoms with Crippen LogP contribution in [0.1, 0.15) is 32.1 Å². The summed E-state index contributed by atoms with van der Waals surface area (Å²) in [5.41, 5.74) is 7.10. The molecule has 7 heteroatoms. The quantitative estimate of drug-likeness (QED) is 0.667. The van der Waals surface area contributed by atoms with Crippen molar-refractivity contribution in [2.45, 2.75) is 38.6 Å². The molecule has 2 aromatic rings. The van der Waals surface area contributed by atoms with Crippen LogP contribution in [0.5, 0.6) is 0 Å². The largest absolute Gasteiger partial charge is 0.465 e. The van der Waals surface area contributed by atoms with Gasteiger partial charge < -0.3 is 15.0 Å². The molecule has 7 nitrogen and oxygen atoms in total. The molecule has 0 aromatic carbocycles. The molecule has 2 bridgehead atoms. The summed E-state index contributed by atoms with van der Waals surface area (Å²) in [6, 6.07) is 0. The molecule has 2 aromatic heterocycles. The first kappa shape index (κ1) is 14.4. The van der Waals surface area contributed by atoms with Gasteiger partial charge in [-0.2, -0.15) is 0 Å². The molecule has 0 saturated heterocycles. The Morgan fingerprint density at radius 2 is 2.22 bits per heavy atom. The van der Waals surface area contributed by atoms with E-state index in [9.17, 15) is 4.79 Å². The molecule has 4 rings (SSSR count). The van der Waals surface area contributed by atoms with E-state index in [0.29, 0.717) is 30.4 Å². The van der Waals surface area contributed by atoms with Crippen LogP contribution in [-0.2, 0) is 16.1 Å². The lowest BCUT2D eigenvalue weighted by Crippen LogP contribution is -2.23. The molecule has 122 valence electrons. The Labute approximate surface area is 134 Å². The predicted molar refractivity (Wildman–Crippen MR) is 84.2 cm³/mol. The first-order valence-electron chi connectivity index (χ1n) is 8.30. The highest BCUT2D eigenvalue weighted by molar-refractivity contribution is 5.81. The number of aromatic nitrogens is 4. The number of aryl methyl sites for hydroxylation is 1. The van der Waals surface area contributed by atoms with Crippen LogP contribution in [0.15, 0.2) is 12.7 Å².